The molecule has 0 saturated heterocycles. The second-order valence-corrected chi connectivity index (χ2v) is 4.62. The van der Waals surface area contributed by atoms with Gasteiger partial charge in [-0.3, -0.25) is 4.79 Å². The average Bonchev–Trinajstić information content (AvgIpc) is 2.57. The fraction of sp³-hybridized carbons (Fsp3) is 0. The lowest BCUT2D eigenvalue weighted by Crippen LogP contribution is -2.12. The van der Waals surface area contributed by atoms with Gasteiger partial charge in [0.05, 0.1) is 18.1 Å². The standard InChI is InChI=1S/C17H12FN3O/c18-14-8-6-12(7-9-14)16-19-10-15(11-20-16)21-17(22)13-4-2-1-3-5-13/h1-11H,(H,21,22). The largest absolute Gasteiger partial charge is 0.319 e. The number of amides is 1. The Bertz CT molecular complexity index is 771. The number of nitrogens with zero attached hydrogens (tertiary/aromatic N) is 2. The first kappa shape index (κ1) is 13.9. The number of hydrogen-bond acceptors (Lipinski definition) is 3. The van der Waals surface area contributed by atoms with Gasteiger partial charge in [0.15, 0.2) is 5.82 Å². The number of aromatic nitrogens is 2. The van der Waals surface area contributed by atoms with Gasteiger partial charge in [-0.1, -0.05) is 18.2 Å². The van der Waals surface area contributed by atoms with Gasteiger partial charge in [0.2, 0.25) is 0 Å². The monoisotopic (exact) mass is 293 g/mol. The Kier molecular flexibility index (Phi) is 3.87. The summed E-state index contributed by atoms with van der Waals surface area (Å²) in [6.07, 6.45) is 3.04. The van der Waals surface area contributed by atoms with E-state index in [1.54, 1.807) is 36.4 Å². The Balaban J connectivity index is 1.74. The van der Waals surface area contributed by atoms with E-state index in [2.05, 4.69) is 15.3 Å². The van der Waals surface area contributed by atoms with Gasteiger partial charge in [-0.15, -0.1) is 0 Å². The van der Waals surface area contributed by atoms with E-state index in [1.807, 2.05) is 6.07 Å². The van der Waals surface area contributed by atoms with Crippen molar-refractivity contribution in [3.63, 3.8) is 0 Å². The van der Waals surface area contributed by atoms with Crippen molar-refractivity contribution in [1.29, 1.82) is 0 Å². The predicted octanol–water partition coefficient (Wildman–Crippen LogP) is 3.54. The molecule has 0 aliphatic carbocycles. The van der Waals surface area contributed by atoms with Gasteiger partial charge >= 0.3 is 0 Å². The van der Waals surface area contributed by atoms with Crippen LogP contribution in [-0.4, -0.2) is 15.9 Å². The summed E-state index contributed by atoms with van der Waals surface area (Å²) >= 11 is 0. The number of halogens is 1. The molecule has 3 aromatic rings. The maximum Gasteiger partial charge on any atom is 0.255 e. The minimum atomic E-state index is -0.310. The lowest BCUT2D eigenvalue weighted by atomic mass is 10.2. The zero-order chi connectivity index (χ0) is 15.4. The highest BCUT2D eigenvalue weighted by atomic mass is 19.1. The van der Waals surface area contributed by atoms with E-state index >= 15 is 0 Å². The van der Waals surface area contributed by atoms with Gasteiger partial charge in [-0.25, -0.2) is 14.4 Å². The fourth-order valence-corrected chi connectivity index (χ4v) is 1.93. The van der Waals surface area contributed by atoms with Crippen molar-refractivity contribution < 1.29 is 9.18 Å². The van der Waals surface area contributed by atoms with Gasteiger partial charge in [-0.05, 0) is 36.4 Å². The molecule has 0 unspecified atom stereocenters. The van der Waals surface area contributed by atoms with Crippen molar-refractivity contribution in [3.8, 4) is 11.4 Å². The lowest BCUT2D eigenvalue weighted by molar-refractivity contribution is 0.102. The summed E-state index contributed by atoms with van der Waals surface area (Å²) in [5.74, 6) is -0.0630. The van der Waals surface area contributed by atoms with Crippen LogP contribution in [0.25, 0.3) is 11.4 Å². The minimum Gasteiger partial charge on any atom is -0.319 e. The third kappa shape index (κ3) is 3.15. The number of anilines is 1. The molecule has 4 nitrogen and oxygen atoms in total. The minimum absolute atomic E-state index is 0.223. The van der Waals surface area contributed by atoms with E-state index in [0.717, 1.165) is 0 Å². The van der Waals surface area contributed by atoms with Crippen LogP contribution < -0.4 is 5.32 Å². The van der Waals surface area contributed by atoms with Crippen LogP contribution in [0.1, 0.15) is 10.4 Å². The van der Waals surface area contributed by atoms with Gasteiger partial charge < -0.3 is 5.32 Å². The van der Waals surface area contributed by atoms with Crippen molar-refractivity contribution in [1.82, 2.24) is 9.97 Å². The summed E-state index contributed by atoms with van der Waals surface area (Å²) in [6, 6.07) is 14.8. The number of benzene rings is 2. The van der Waals surface area contributed by atoms with Crippen LogP contribution in [0.15, 0.2) is 67.0 Å². The Morgan fingerprint density at radius 2 is 1.55 bits per heavy atom. The summed E-state index contributed by atoms with van der Waals surface area (Å²) in [6.45, 7) is 0. The predicted molar refractivity (Wildman–Crippen MR) is 81.8 cm³/mol. The van der Waals surface area contributed by atoms with Crippen LogP contribution >= 0.6 is 0 Å². The molecule has 1 heterocycles. The summed E-state index contributed by atoms with van der Waals surface area (Å²) in [7, 11) is 0. The zero-order valence-electron chi connectivity index (χ0n) is 11.5. The first-order valence-corrected chi connectivity index (χ1v) is 6.67. The molecular weight excluding hydrogens is 281 g/mol. The summed E-state index contributed by atoms with van der Waals surface area (Å²) < 4.78 is 12.9. The third-order valence-electron chi connectivity index (χ3n) is 3.05. The first-order chi connectivity index (χ1) is 10.7. The van der Waals surface area contributed by atoms with Crippen LogP contribution in [0.5, 0.6) is 0 Å². The number of carbonyl (C=O) groups excluding carboxylic acids is 1. The highest BCUT2D eigenvalue weighted by Crippen LogP contribution is 2.16. The molecule has 0 atom stereocenters. The first-order valence-electron chi connectivity index (χ1n) is 6.67. The molecule has 108 valence electrons. The fourth-order valence-electron chi connectivity index (χ4n) is 1.93. The van der Waals surface area contributed by atoms with Crippen LogP contribution in [0.3, 0.4) is 0 Å². The van der Waals surface area contributed by atoms with Crippen molar-refractivity contribution in [2.45, 2.75) is 0 Å². The molecule has 0 radical (unpaired) electrons. The summed E-state index contributed by atoms with van der Waals surface area (Å²) in [5, 5.41) is 2.72. The van der Waals surface area contributed by atoms with Crippen molar-refractivity contribution in [2.75, 3.05) is 5.32 Å². The molecule has 1 amide bonds. The van der Waals surface area contributed by atoms with E-state index < -0.39 is 0 Å². The highest BCUT2D eigenvalue weighted by Gasteiger charge is 2.06. The van der Waals surface area contributed by atoms with E-state index in [1.165, 1.54) is 24.5 Å². The molecule has 0 aliphatic rings. The Morgan fingerprint density at radius 1 is 0.909 bits per heavy atom. The highest BCUT2D eigenvalue weighted by molar-refractivity contribution is 6.04. The zero-order valence-corrected chi connectivity index (χ0v) is 11.5. The molecule has 0 bridgehead atoms. The Labute approximate surface area is 126 Å². The normalized spacial score (nSPS) is 10.2. The molecule has 0 fully saturated rings. The van der Waals surface area contributed by atoms with Crippen LogP contribution in [-0.2, 0) is 0 Å². The molecule has 1 aromatic heterocycles. The van der Waals surface area contributed by atoms with E-state index in [9.17, 15) is 9.18 Å². The quantitative estimate of drug-likeness (QED) is 0.803. The molecular formula is C17H12FN3O. The molecule has 22 heavy (non-hydrogen) atoms. The van der Waals surface area contributed by atoms with Crippen molar-refractivity contribution in [3.05, 3.63) is 78.4 Å². The summed E-state index contributed by atoms with van der Waals surface area (Å²) in [4.78, 5) is 20.4. The molecule has 2 aromatic carbocycles. The van der Waals surface area contributed by atoms with Gasteiger partial charge in [0, 0.05) is 11.1 Å². The molecule has 3 rings (SSSR count). The SMILES string of the molecule is O=C(Nc1cnc(-c2ccc(F)cc2)nc1)c1ccccc1. The summed E-state index contributed by atoms with van der Waals surface area (Å²) in [5.41, 5.74) is 1.77. The van der Waals surface area contributed by atoms with Gasteiger partial charge in [-0.2, -0.15) is 0 Å². The maximum absolute atomic E-state index is 12.9. The Hall–Kier alpha value is -3.08. The number of hydrogen-bond donors (Lipinski definition) is 1. The Morgan fingerprint density at radius 3 is 2.18 bits per heavy atom. The van der Waals surface area contributed by atoms with E-state index in [-0.39, 0.29) is 11.7 Å². The number of rotatable bonds is 3. The maximum atomic E-state index is 12.9. The molecule has 0 saturated carbocycles. The van der Waals surface area contributed by atoms with Gasteiger partial charge in [0.25, 0.3) is 5.91 Å². The van der Waals surface area contributed by atoms with Crippen molar-refractivity contribution >= 4 is 11.6 Å². The molecule has 1 N–H and O–H groups in total. The van der Waals surface area contributed by atoms with E-state index in [0.29, 0.717) is 22.6 Å². The topological polar surface area (TPSA) is 54.9 Å². The lowest BCUT2D eigenvalue weighted by Gasteiger charge is -2.05. The molecule has 5 heteroatoms. The van der Waals surface area contributed by atoms with Crippen LogP contribution in [0.4, 0.5) is 10.1 Å². The molecule has 0 aliphatic heterocycles. The number of nitrogens with one attached hydrogen (secondary N) is 1. The van der Waals surface area contributed by atoms with Crippen LogP contribution in [0.2, 0.25) is 0 Å². The molecule has 0 spiro atoms. The van der Waals surface area contributed by atoms with E-state index in [4.69, 9.17) is 0 Å². The second kappa shape index (κ2) is 6.13. The van der Waals surface area contributed by atoms with Gasteiger partial charge in [0.1, 0.15) is 5.82 Å². The van der Waals surface area contributed by atoms with Crippen LogP contribution in [0, 0.1) is 5.82 Å². The second-order valence-electron chi connectivity index (χ2n) is 4.62. The third-order valence-corrected chi connectivity index (χ3v) is 3.05. The number of carbonyl (C=O) groups is 1. The average molecular weight is 293 g/mol. The smallest absolute Gasteiger partial charge is 0.255 e. The van der Waals surface area contributed by atoms with Crippen molar-refractivity contribution in [2.24, 2.45) is 0 Å².